The Balaban J connectivity index is 1.66. The van der Waals surface area contributed by atoms with Crippen LogP contribution in [-0.4, -0.2) is 29.2 Å². The van der Waals surface area contributed by atoms with E-state index in [4.69, 9.17) is 9.72 Å². The predicted octanol–water partition coefficient (Wildman–Crippen LogP) is 3.62. The first-order chi connectivity index (χ1) is 11.5. The molecule has 2 aromatic rings. The molecule has 2 aliphatic heterocycles. The zero-order chi connectivity index (χ0) is 16.5. The SMILES string of the molecule is CC1(C)[C@H]2Cc3cc4nc([C@H]5CCCO5)[nH]c4cc3[C@]1(C)CCN2. The first-order valence-corrected chi connectivity index (χ1v) is 9.37. The van der Waals surface area contributed by atoms with Gasteiger partial charge in [-0.1, -0.05) is 20.8 Å². The molecule has 0 spiro atoms. The molecule has 1 aromatic heterocycles. The van der Waals surface area contributed by atoms with E-state index in [1.165, 1.54) is 23.1 Å². The second-order valence-corrected chi connectivity index (χ2v) is 8.66. The smallest absolute Gasteiger partial charge is 0.136 e. The van der Waals surface area contributed by atoms with Crippen molar-refractivity contribution in [2.24, 2.45) is 5.41 Å². The van der Waals surface area contributed by atoms with Crippen molar-refractivity contribution in [1.82, 2.24) is 15.3 Å². The number of piperidine rings is 1. The van der Waals surface area contributed by atoms with Crippen LogP contribution in [0.2, 0.25) is 0 Å². The third-order valence-corrected chi connectivity index (χ3v) is 7.29. The van der Waals surface area contributed by atoms with Gasteiger partial charge in [-0.3, -0.25) is 0 Å². The van der Waals surface area contributed by atoms with Crippen LogP contribution in [-0.2, 0) is 16.6 Å². The molecule has 24 heavy (non-hydrogen) atoms. The second-order valence-electron chi connectivity index (χ2n) is 8.66. The zero-order valence-electron chi connectivity index (χ0n) is 14.9. The van der Waals surface area contributed by atoms with Crippen molar-refractivity contribution in [2.75, 3.05) is 13.2 Å². The summed E-state index contributed by atoms with van der Waals surface area (Å²) in [5.74, 6) is 1.01. The standard InChI is InChI=1S/C20H27N3O/c1-19(2)17-10-12-9-14-15(11-13(12)20(19,3)6-7-21-17)23-18(22-14)16-5-4-8-24-16/h9,11,16-17,21H,4-8,10H2,1-3H3,(H,22,23)/t16-,17-,20+/m1/s1. The minimum Gasteiger partial charge on any atom is -0.370 e. The highest BCUT2D eigenvalue weighted by atomic mass is 16.5. The van der Waals surface area contributed by atoms with Crippen molar-refractivity contribution in [3.8, 4) is 0 Å². The summed E-state index contributed by atoms with van der Waals surface area (Å²) >= 11 is 0. The maximum atomic E-state index is 5.81. The molecule has 3 atom stereocenters. The van der Waals surface area contributed by atoms with Crippen LogP contribution in [0.4, 0.5) is 0 Å². The van der Waals surface area contributed by atoms with Crippen molar-refractivity contribution in [2.45, 2.75) is 64.0 Å². The number of hydrogen-bond acceptors (Lipinski definition) is 3. The molecule has 0 amide bonds. The molecule has 128 valence electrons. The third-order valence-electron chi connectivity index (χ3n) is 7.29. The van der Waals surface area contributed by atoms with Crippen LogP contribution in [0.5, 0.6) is 0 Å². The zero-order valence-corrected chi connectivity index (χ0v) is 14.9. The average Bonchev–Trinajstić information content (AvgIpc) is 3.18. The van der Waals surface area contributed by atoms with Gasteiger partial charge in [0.2, 0.25) is 0 Å². The van der Waals surface area contributed by atoms with E-state index in [0.29, 0.717) is 6.04 Å². The number of imidazole rings is 1. The lowest BCUT2D eigenvalue weighted by Crippen LogP contribution is -2.62. The molecular formula is C20H27N3O. The minimum absolute atomic E-state index is 0.155. The van der Waals surface area contributed by atoms with Gasteiger partial charge in [0.15, 0.2) is 0 Å². The molecule has 2 saturated heterocycles. The van der Waals surface area contributed by atoms with Crippen LogP contribution in [0, 0.1) is 5.41 Å². The Hall–Kier alpha value is -1.39. The number of fused-ring (bicyclic) bond motifs is 5. The van der Waals surface area contributed by atoms with Crippen LogP contribution in [0.1, 0.15) is 63.1 Å². The fourth-order valence-corrected chi connectivity index (χ4v) is 5.24. The molecule has 0 saturated carbocycles. The Kier molecular flexibility index (Phi) is 3.00. The summed E-state index contributed by atoms with van der Waals surface area (Å²) in [4.78, 5) is 8.41. The Morgan fingerprint density at radius 1 is 1.25 bits per heavy atom. The first kappa shape index (κ1) is 14.9. The van der Waals surface area contributed by atoms with Gasteiger partial charge in [0.1, 0.15) is 11.9 Å². The molecule has 5 rings (SSSR count). The highest BCUT2D eigenvalue weighted by Crippen LogP contribution is 2.54. The second kappa shape index (κ2) is 4.83. The van der Waals surface area contributed by atoms with Gasteiger partial charge in [-0.05, 0) is 60.9 Å². The fraction of sp³-hybridized carbons (Fsp3) is 0.650. The Morgan fingerprint density at radius 2 is 2.12 bits per heavy atom. The number of hydrogen-bond donors (Lipinski definition) is 2. The fourth-order valence-electron chi connectivity index (χ4n) is 5.24. The predicted molar refractivity (Wildman–Crippen MR) is 95.3 cm³/mol. The summed E-state index contributed by atoms with van der Waals surface area (Å²) in [6.45, 7) is 9.30. The van der Waals surface area contributed by atoms with Gasteiger partial charge in [0.25, 0.3) is 0 Å². The lowest BCUT2D eigenvalue weighted by molar-refractivity contribution is 0.0561. The van der Waals surface area contributed by atoms with Crippen LogP contribution in [0.15, 0.2) is 12.1 Å². The summed E-state index contributed by atoms with van der Waals surface area (Å²) in [6.07, 6.45) is 4.67. The number of ether oxygens (including phenoxy) is 1. The first-order valence-electron chi connectivity index (χ1n) is 9.37. The number of nitrogens with zero attached hydrogens (tertiary/aromatic N) is 1. The number of aromatic amines is 1. The molecule has 2 fully saturated rings. The van der Waals surface area contributed by atoms with Gasteiger partial charge >= 0.3 is 0 Å². The quantitative estimate of drug-likeness (QED) is 0.842. The normalized spacial score (nSPS) is 34.5. The van der Waals surface area contributed by atoms with Crippen LogP contribution in [0.25, 0.3) is 11.0 Å². The summed E-state index contributed by atoms with van der Waals surface area (Å²) in [5, 5.41) is 3.76. The van der Waals surface area contributed by atoms with Crippen molar-refractivity contribution in [1.29, 1.82) is 0 Å². The maximum absolute atomic E-state index is 5.81. The van der Waals surface area contributed by atoms with Crippen molar-refractivity contribution in [3.63, 3.8) is 0 Å². The van der Waals surface area contributed by atoms with Gasteiger partial charge in [-0.25, -0.2) is 4.98 Å². The largest absolute Gasteiger partial charge is 0.370 e. The van der Waals surface area contributed by atoms with Gasteiger partial charge in [0.05, 0.1) is 11.0 Å². The molecule has 4 nitrogen and oxygen atoms in total. The van der Waals surface area contributed by atoms with Gasteiger partial charge in [0, 0.05) is 18.1 Å². The lowest BCUT2D eigenvalue weighted by atomic mass is 9.51. The van der Waals surface area contributed by atoms with E-state index in [-0.39, 0.29) is 16.9 Å². The van der Waals surface area contributed by atoms with Crippen molar-refractivity contribution < 1.29 is 4.74 Å². The molecule has 1 aliphatic carbocycles. The van der Waals surface area contributed by atoms with Crippen molar-refractivity contribution in [3.05, 3.63) is 29.1 Å². The summed E-state index contributed by atoms with van der Waals surface area (Å²) in [6, 6.07) is 5.27. The molecule has 4 heteroatoms. The van der Waals surface area contributed by atoms with E-state index < -0.39 is 0 Å². The van der Waals surface area contributed by atoms with Crippen molar-refractivity contribution >= 4 is 11.0 Å². The van der Waals surface area contributed by atoms with Crippen LogP contribution >= 0.6 is 0 Å². The van der Waals surface area contributed by atoms with E-state index in [0.717, 1.165) is 43.8 Å². The maximum Gasteiger partial charge on any atom is 0.136 e. The van der Waals surface area contributed by atoms with E-state index >= 15 is 0 Å². The topological polar surface area (TPSA) is 49.9 Å². The number of benzene rings is 1. The number of aromatic nitrogens is 2. The molecule has 0 unspecified atom stereocenters. The molecule has 3 heterocycles. The van der Waals surface area contributed by atoms with E-state index in [1.807, 2.05) is 0 Å². The molecule has 0 radical (unpaired) electrons. The molecule has 1 aromatic carbocycles. The third kappa shape index (κ3) is 1.84. The van der Waals surface area contributed by atoms with E-state index in [2.05, 4.69) is 43.2 Å². The monoisotopic (exact) mass is 325 g/mol. The highest BCUT2D eigenvalue weighted by Gasteiger charge is 2.53. The minimum atomic E-state index is 0.155. The molecule has 2 N–H and O–H groups in total. The lowest BCUT2D eigenvalue weighted by Gasteiger charge is -2.57. The number of nitrogens with one attached hydrogen (secondary N) is 2. The van der Waals surface area contributed by atoms with Gasteiger partial charge in [-0.2, -0.15) is 0 Å². The molecule has 2 bridgehead atoms. The Morgan fingerprint density at radius 3 is 2.92 bits per heavy atom. The summed E-state index contributed by atoms with van der Waals surface area (Å²) in [7, 11) is 0. The summed E-state index contributed by atoms with van der Waals surface area (Å²) < 4.78 is 5.81. The molecule has 3 aliphatic rings. The average molecular weight is 325 g/mol. The highest BCUT2D eigenvalue weighted by molar-refractivity contribution is 5.78. The van der Waals surface area contributed by atoms with Crippen LogP contribution < -0.4 is 5.32 Å². The van der Waals surface area contributed by atoms with Gasteiger partial charge < -0.3 is 15.0 Å². The van der Waals surface area contributed by atoms with E-state index in [9.17, 15) is 0 Å². The molecular weight excluding hydrogens is 298 g/mol. The number of H-pyrrole nitrogens is 1. The van der Waals surface area contributed by atoms with Gasteiger partial charge in [-0.15, -0.1) is 0 Å². The van der Waals surface area contributed by atoms with Crippen LogP contribution in [0.3, 0.4) is 0 Å². The summed E-state index contributed by atoms with van der Waals surface area (Å²) in [5.41, 5.74) is 5.77. The number of rotatable bonds is 1. The van der Waals surface area contributed by atoms with E-state index in [1.54, 1.807) is 0 Å². The Labute approximate surface area is 143 Å². The Bertz CT molecular complexity index is 803.